The van der Waals surface area contributed by atoms with Gasteiger partial charge in [-0.2, -0.15) is 0 Å². The minimum absolute atomic E-state index is 0.961. The molecule has 0 heterocycles. The van der Waals surface area contributed by atoms with E-state index in [0.717, 1.165) is 13.1 Å². The molecule has 0 rings (SSSR count). The molecule has 0 saturated heterocycles. The summed E-state index contributed by atoms with van der Waals surface area (Å²) in [7, 11) is 0. The molecular formula is C16H38N4. The largest absolute Gasteiger partial charge is 0.271 e. The zero-order valence-corrected chi connectivity index (χ0v) is 13.5. The van der Waals surface area contributed by atoms with E-state index >= 15 is 0 Å². The highest BCUT2D eigenvalue weighted by molar-refractivity contribution is 4.50. The van der Waals surface area contributed by atoms with E-state index in [1.807, 2.05) is 0 Å². The molecule has 0 atom stereocenters. The van der Waals surface area contributed by atoms with Gasteiger partial charge in [-0.3, -0.25) is 22.5 Å². The van der Waals surface area contributed by atoms with Crippen LogP contribution in [-0.4, -0.2) is 13.1 Å². The van der Waals surface area contributed by atoms with Crippen LogP contribution in [0.25, 0.3) is 0 Å². The Hall–Kier alpha value is -0.160. The number of unbranched alkanes of at least 4 members (excludes halogenated alkanes) is 13. The summed E-state index contributed by atoms with van der Waals surface area (Å²) in [4.78, 5) is 0. The van der Waals surface area contributed by atoms with Gasteiger partial charge in [-0.15, -0.1) is 0 Å². The Morgan fingerprint density at radius 1 is 0.350 bits per heavy atom. The summed E-state index contributed by atoms with van der Waals surface area (Å²) in [6.07, 6.45) is 19.2. The van der Waals surface area contributed by atoms with Crippen LogP contribution in [-0.2, 0) is 0 Å². The summed E-state index contributed by atoms with van der Waals surface area (Å²) in [5.41, 5.74) is 5.42. The Balaban J connectivity index is 2.89. The number of hydrogen-bond donors (Lipinski definition) is 4. The van der Waals surface area contributed by atoms with Gasteiger partial charge in [0.25, 0.3) is 0 Å². The third kappa shape index (κ3) is 17.8. The van der Waals surface area contributed by atoms with Gasteiger partial charge >= 0.3 is 0 Å². The molecule has 0 spiro atoms. The third-order valence-corrected chi connectivity index (χ3v) is 3.89. The SMILES string of the molecule is NNCCCCCCCCCCCCCCCCNN. The summed E-state index contributed by atoms with van der Waals surface area (Å²) < 4.78 is 0. The summed E-state index contributed by atoms with van der Waals surface area (Å²) in [5.74, 6) is 10.5. The van der Waals surface area contributed by atoms with E-state index in [4.69, 9.17) is 11.7 Å². The van der Waals surface area contributed by atoms with E-state index in [2.05, 4.69) is 10.9 Å². The van der Waals surface area contributed by atoms with Crippen molar-refractivity contribution in [2.24, 2.45) is 11.7 Å². The molecule has 6 N–H and O–H groups in total. The van der Waals surface area contributed by atoms with Gasteiger partial charge in [-0.25, -0.2) is 0 Å². The summed E-state index contributed by atoms with van der Waals surface area (Å²) in [6.45, 7) is 1.92. The second-order valence-electron chi connectivity index (χ2n) is 5.86. The van der Waals surface area contributed by atoms with Crippen LogP contribution in [0.2, 0.25) is 0 Å². The first-order valence-electron chi connectivity index (χ1n) is 8.78. The molecular weight excluding hydrogens is 248 g/mol. The molecule has 0 radical (unpaired) electrons. The topological polar surface area (TPSA) is 76.1 Å². The maximum absolute atomic E-state index is 5.23. The molecule has 0 aromatic carbocycles. The molecule has 0 aromatic heterocycles. The van der Waals surface area contributed by atoms with Crippen LogP contribution < -0.4 is 22.5 Å². The molecule has 0 unspecified atom stereocenters. The number of hydrogen-bond acceptors (Lipinski definition) is 4. The minimum Gasteiger partial charge on any atom is -0.271 e. The average molecular weight is 287 g/mol. The fraction of sp³-hybridized carbons (Fsp3) is 1.00. The third-order valence-electron chi connectivity index (χ3n) is 3.89. The van der Waals surface area contributed by atoms with Crippen molar-refractivity contribution in [2.75, 3.05) is 13.1 Å². The first kappa shape index (κ1) is 19.8. The van der Waals surface area contributed by atoms with E-state index in [-0.39, 0.29) is 0 Å². The summed E-state index contributed by atoms with van der Waals surface area (Å²) >= 11 is 0. The van der Waals surface area contributed by atoms with Crippen molar-refractivity contribution in [1.82, 2.24) is 10.9 Å². The highest BCUT2D eigenvalue weighted by Crippen LogP contribution is 2.12. The molecule has 0 amide bonds. The second kappa shape index (κ2) is 18.8. The van der Waals surface area contributed by atoms with Crippen molar-refractivity contribution < 1.29 is 0 Å². The lowest BCUT2D eigenvalue weighted by molar-refractivity contribution is 0.526. The van der Waals surface area contributed by atoms with Crippen molar-refractivity contribution in [3.05, 3.63) is 0 Å². The fourth-order valence-corrected chi connectivity index (χ4v) is 2.58. The molecule has 0 fully saturated rings. The predicted octanol–water partition coefficient (Wildman–Crippen LogP) is 3.37. The highest BCUT2D eigenvalue weighted by atomic mass is 15.2. The zero-order valence-electron chi connectivity index (χ0n) is 13.5. The van der Waals surface area contributed by atoms with Crippen LogP contribution >= 0.6 is 0 Å². The molecule has 4 nitrogen and oxygen atoms in total. The minimum atomic E-state index is 0.961. The van der Waals surface area contributed by atoms with Crippen molar-refractivity contribution in [3.8, 4) is 0 Å². The number of hydrazine groups is 2. The second-order valence-corrected chi connectivity index (χ2v) is 5.86. The van der Waals surface area contributed by atoms with Crippen molar-refractivity contribution >= 4 is 0 Å². The van der Waals surface area contributed by atoms with Gasteiger partial charge in [-0.1, -0.05) is 77.0 Å². The van der Waals surface area contributed by atoms with Crippen LogP contribution in [0.1, 0.15) is 89.9 Å². The normalized spacial score (nSPS) is 11.1. The number of nitrogens with one attached hydrogen (secondary N) is 2. The summed E-state index contributed by atoms with van der Waals surface area (Å²) in [5, 5.41) is 0. The Morgan fingerprint density at radius 3 is 0.750 bits per heavy atom. The molecule has 0 aliphatic carbocycles. The smallest absolute Gasteiger partial charge is 0.00974 e. The van der Waals surface area contributed by atoms with Crippen LogP contribution in [0.4, 0.5) is 0 Å². The Bertz CT molecular complexity index is 147. The van der Waals surface area contributed by atoms with Gasteiger partial charge in [0.15, 0.2) is 0 Å². The Morgan fingerprint density at radius 2 is 0.550 bits per heavy atom. The van der Waals surface area contributed by atoms with E-state index in [1.54, 1.807) is 0 Å². The van der Waals surface area contributed by atoms with Gasteiger partial charge < -0.3 is 0 Å². The molecule has 0 bridgehead atoms. The van der Waals surface area contributed by atoms with E-state index in [0.29, 0.717) is 0 Å². The highest BCUT2D eigenvalue weighted by Gasteiger charge is 1.94. The quantitative estimate of drug-likeness (QED) is 0.188. The first-order valence-corrected chi connectivity index (χ1v) is 8.78. The molecule has 0 saturated carbocycles. The van der Waals surface area contributed by atoms with Crippen molar-refractivity contribution in [2.45, 2.75) is 89.9 Å². The average Bonchev–Trinajstić information content (AvgIpc) is 2.47. The van der Waals surface area contributed by atoms with E-state index in [9.17, 15) is 0 Å². The maximum atomic E-state index is 5.23. The lowest BCUT2D eigenvalue weighted by Crippen LogP contribution is -2.22. The van der Waals surface area contributed by atoms with Gasteiger partial charge in [-0.05, 0) is 12.8 Å². The summed E-state index contributed by atoms with van der Waals surface area (Å²) in [6, 6.07) is 0. The number of rotatable bonds is 17. The zero-order chi connectivity index (χ0) is 14.7. The molecule has 4 heteroatoms. The van der Waals surface area contributed by atoms with E-state index in [1.165, 1.54) is 89.9 Å². The molecule has 20 heavy (non-hydrogen) atoms. The fourth-order valence-electron chi connectivity index (χ4n) is 2.58. The van der Waals surface area contributed by atoms with Gasteiger partial charge in [0.05, 0.1) is 0 Å². The standard InChI is InChI=1S/C16H38N4/c17-19-15-13-11-9-7-5-3-1-2-4-6-8-10-12-14-16-20-18/h19-20H,1-18H2. The lowest BCUT2D eigenvalue weighted by Gasteiger charge is -2.03. The van der Waals surface area contributed by atoms with Crippen LogP contribution in [0.5, 0.6) is 0 Å². The van der Waals surface area contributed by atoms with Crippen LogP contribution in [0.3, 0.4) is 0 Å². The van der Waals surface area contributed by atoms with Crippen molar-refractivity contribution in [1.29, 1.82) is 0 Å². The molecule has 0 aliphatic rings. The van der Waals surface area contributed by atoms with Gasteiger partial charge in [0.1, 0.15) is 0 Å². The van der Waals surface area contributed by atoms with Gasteiger partial charge in [0.2, 0.25) is 0 Å². The predicted molar refractivity (Wildman–Crippen MR) is 89.0 cm³/mol. The van der Waals surface area contributed by atoms with E-state index < -0.39 is 0 Å². The van der Waals surface area contributed by atoms with Gasteiger partial charge in [0, 0.05) is 13.1 Å². The van der Waals surface area contributed by atoms with Crippen LogP contribution in [0, 0.1) is 0 Å². The molecule has 0 aromatic rings. The number of nitrogens with two attached hydrogens (primary N) is 2. The van der Waals surface area contributed by atoms with Crippen molar-refractivity contribution in [3.63, 3.8) is 0 Å². The Labute approximate surface area is 126 Å². The molecule has 122 valence electrons. The Kier molecular flexibility index (Phi) is 18.7. The lowest BCUT2D eigenvalue weighted by atomic mass is 10.0. The monoisotopic (exact) mass is 286 g/mol. The molecule has 0 aliphatic heterocycles. The first-order chi connectivity index (χ1) is 9.91. The maximum Gasteiger partial charge on any atom is 0.00974 e. The van der Waals surface area contributed by atoms with Crippen LogP contribution in [0.15, 0.2) is 0 Å².